The highest BCUT2D eigenvalue weighted by molar-refractivity contribution is 4.99. The predicted molar refractivity (Wildman–Crippen MR) is 68.0 cm³/mol. The molecule has 1 fully saturated rings. The highest BCUT2D eigenvalue weighted by Crippen LogP contribution is 2.48. The fourth-order valence-electron chi connectivity index (χ4n) is 3.68. The van der Waals surface area contributed by atoms with Gasteiger partial charge in [0.15, 0.2) is 0 Å². The van der Waals surface area contributed by atoms with Crippen LogP contribution in [-0.4, -0.2) is 23.5 Å². The van der Waals surface area contributed by atoms with Gasteiger partial charge < -0.3 is 0 Å². The van der Waals surface area contributed by atoms with Gasteiger partial charge in [-0.25, -0.2) is 0 Å². The molecule has 1 rings (SSSR count). The van der Waals surface area contributed by atoms with E-state index >= 15 is 0 Å². The zero-order valence-corrected chi connectivity index (χ0v) is 11.7. The van der Waals surface area contributed by atoms with E-state index in [-0.39, 0.29) is 0 Å². The third-order valence-electron chi connectivity index (χ3n) is 5.70. The lowest BCUT2D eigenvalue weighted by Crippen LogP contribution is -2.59. The van der Waals surface area contributed by atoms with Crippen LogP contribution in [0.1, 0.15) is 54.9 Å². The molecular formula is C14H29N. The van der Waals surface area contributed by atoms with Crippen LogP contribution in [0.3, 0.4) is 0 Å². The molecule has 0 N–H and O–H groups in total. The molecule has 0 aliphatic carbocycles. The molecule has 1 nitrogen and oxygen atoms in total. The summed E-state index contributed by atoms with van der Waals surface area (Å²) in [6.45, 7) is 18.0. The van der Waals surface area contributed by atoms with E-state index in [4.69, 9.17) is 0 Å². The van der Waals surface area contributed by atoms with Crippen molar-refractivity contribution in [2.24, 2.45) is 17.3 Å². The molecule has 1 aliphatic heterocycles. The van der Waals surface area contributed by atoms with Crippen molar-refractivity contribution in [1.29, 1.82) is 0 Å². The lowest BCUT2D eigenvalue weighted by Gasteiger charge is -2.56. The summed E-state index contributed by atoms with van der Waals surface area (Å²) in [5, 5.41) is 0. The molecule has 1 saturated heterocycles. The second-order valence-electron chi connectivity index (χ2n) is 5.75. The van der Waals surface area contributed by atoms with Gasteiger partial charge >= 0.3 is 0 Å². The van der Waals surface area contributed by atoms with Crippen molar-refractivity contribution >= 4 is 0 Å². The molecular weight excluding hydrogens is 182 g/mol. The Labute approximate surface area is 96.2 Å². The lowest BCUT2D eigenvalue weighted by atomic mass is 9.60. The molecule has 1 aliphatic rings. The maximum atomic E-state index is 2.67. The molecule has 1 heterocycles. The zero-order valence-electron chi connectivity index (χ0n) is 11.7. The van der Waals surface area contributed by atoms with Crippen LogP contribution in [0, 0.1) is 17.3 Å². The first-order chi connectivity index (χ1) is 6.90. The summed E-state index contributed by atoms with van der Waals surface area (Å²) in [5.74, 6) is 1.60. The second kappa shape index (κ2) is 4.45. The Bertz CT molecular complexity index is 195. The van der Waals surface area contributed by atoms with Gasteiger partial charge in [0.2, 0.25) is 0 Å². The Morgan fingerprint density at radius 1 is 0.933 bits per heavy atom. The van der Waals surface area contributed by atoms with Crippen molar-refractivity contribution in [3.05, 3.63) is 0 Å². The Kier molecular flexibility index (Phi) is 3.86. The van der Waals surface area contributed by atoms with Crippen molar-refractivity contribution in [3.8, 4) is 0 Å². The summed E-state index contributed by atoms with van der Waals surface area (Å²) in [4.78, 5) is 2.67. The predicted octanol–water partition coefficient (Wildman–Crippen LogP) is 3.79. The fourth-order valence-corrected chi connectivity index (χ4v) is 3.68. The first kappa shape index (κ1) is 13.0. The Balaban J connectivity index is 2.99. The van der Waals surface area contributed by atoms with E-state index < -0.39 is 0 Å². The highest BCUT2D eigenvalue weighted by Gasteiger charge is 2.47. The largest absolute Gasteiger partial charge is 0.298 e. The molecule has 4 unspecified atom stereocenters. The van der Waals surface area contributed by atoms with E-state index in [2.05, 4.69) is 53.4 Å². The van der Waals surface area contributed by atoms with Gasteiger partial charge in [-0.2, -0.15) is 0 Å². The normalized spacial score (nSPS) is 48.2. The molecule has 1 heteroatoms. The van der Waals surface area contributed by atoms with Crippen molar-refractivity contribution in [2.75, 3.05) is 6.54 Å². The van der Waals surface area contributed by atoms with Crippen LogP contribution < -0.4 is 0 Å². The number of hydrogen-bond acceptors (Lipinski definition) is 1. The van der Waals surface area contributed by atoms with E-state index in [1.807, 2.05) is 0 Å². The van der Waals surface area contributed by atoms with E-state index in [1.54, 1.807) is 0 Å². The van der Waals surface area contributed by atoms with Crippen molar-refractivity contribution in [1.82, 2.24) is 4.90 Å². The quantitative estimate of drug-likeness (QED) is 0.672. The van der Waals surface area contributed by atoms with E-state index in [1.165, 1.54) is 13.0 Å². The Morgan fingerprint density at radius 2 is 1.33 bits per heavy atom. The van der Waals surface area contributed by atoms with Gasteiger partial charge in [-0.3, -0.25) is 4.90 Å². The van der Waals surface area contributed by atoms with Crippen LogP contribution in [-0.2, 0) is 0 Å². The molecule has 90 valence electrons. The van der Waals surface area contributed by atoms with Crippen LogP contribution in [0.25, 0.3) is 0 Å². The van der Waals surface area contributed by atoms with Gasteiger partial charge in [0, 0.05) is 12.1 Å². The van der Waals surface area contributed by atoms with Crippen molar-refractivity contribution in [2.45, 2.75) is 67.0 Å². The average molecular weight is 211 g/mol. The van der Waals surface area contributed by atoms with Gasteiger partial charge in [0.25, 0.3) is 0 Å². The third kappa shape index (κ3) is 1.84. The maximum absolute atomic E-state index is 2.67. The minimum Gasteiger partial charge on any atom is -0.298 e. The smallest absolute Gasteiger partial charge is 0.0101 e. The SMILES string of the molecule is CCN1C(C)C(C)C(C)(CC)C(C)C1C. The van der Waals surface area contributed by atoms with Crippen LogP contribution in [0.4, 0.5) is 0 Å². The second-order valence-corrected chi connectivity index (χ2v) is 5.75. The number of rotatable bonds is 2. The van der Waals surface area contributed by atoms with Crippen molar-refractivity contribution < 1.29 is 0 Å². The summed E-state index contributed by atoms with van der Waals surface area (Å²) in [6, 6.07) is 1.46. The monoisotopic (exact) mass is 211 g/mol. The molecule has 4 atom stereocenters. The van der Waals surface area contributed by atoms with Crippen LogP contribution >= 0.6 is 0 Å². The molecule has 15 heavy (non-hydrogen) atoms. The molecule has 0 amide bonds. The Morgan fingerprint density at radius 3 is 1.60 bits per heavy atom. The van der Waals surface area contributed by atoms with Gasteiger partial charge in [0.05, 0.1) is 0 Å². The molecule has 0 aromatic carbocycles. The van der Waals surface area contributed by atoms with Gasteiger partial charge in [0.1, 0.15) is 0 Å². The summed E-state index contributed by atoms with van der Waals surface area (Å²) in [7, 11) is 0. The number of piperidine rings is 1. The highest BCUT2D eigenvalue weighted by atomic mass is 15.2. The number of likely N-dealkylation sites (tertiary alicyclic amines) is 1. The Hall–Kier alpha value is -0.0400. The van der Waals surface area contributed by atoms with E-state index in [9.17, 15) is 0 Å². The van der Waals surface area contributed by atoms with Crippen molar-refractivity contribution in [3.63, 3.8) is 0 Å². The summed E-state index contributed by atoms with van der Waals surface area (Å²) < 4.78 is 0. The molecule has 0 aromatic rings. The number of hydrogen-bond donors (Lipinski definition) is 0. The minimum atomic E-state index is 0.518. The first-order valence-corrected chi connectivity index (χ1v) is 6.65. The van der Waals surface area contributed by atoms with Gasteiger partial charge in [-0.15, -0.1) is 0 Å². The van der Waals surface area contributed by atoms with E-state index in [0.717, 1.165) is 23.9 Å². The van der Waals surface area contributed by atoms with E-state index in [0.29, 0.717) is 5.41 Å². The number of nitrogens with zero attached hydrogens (tertiary/aromatic N) is 1. The molecule has 0 saturated carbocycles. The summed E-state index contributed by atoms with van der Waals surface area (Å²) in [5.41, 5.74) is 0.518. The van der Waals surface area contributed by atoms with Gasteiger partial charge in [-0.1, -0.05) is 41.0 Å². The van der Waals surface area contributed by atoms with Crippen LogP contribution in [0.5, 0.6) is 0 Å². The maximum Gasteiger partial charge on any atom is 0.0101 e. The van der Waals surface area contributed by atoms with Crippen LogP contribution in [0.2, 0.25) is 0 Å². The minimum absolute atomic E-state index is 0.518. The van der Waals surface area contributed by atoms with Crippen LogP contribution in [0.15, 0.2) is 0 Å². The molecule has 0 aromatic heterocycles. The third-order valence-corrected chi connectivity index (χ3v) is 5.70. The topological polar surface area (TPSA) is 3.24 Å². The average Bonchev–Trinajstić information content (AvgIpc) is 2.24. The molecule has 0 radical (unpaired) electrons. The summed E-state index contributed by atoms with van der Waals surface area (Å²) >= 11 is 0. The summed E-state index contributed by atoms with van der Waals surface area (Å²) in [6.07, 6.45) is 1.31. The molecule has 0 spiro atoms. The lowest BCUT2D eigenvalue weighted by molar-refractivity contribution is -0.0737. The molecule has 0 bridgehead atoms. The van der Waals surface area contributed by atoms with Gasteiger partial charge in [-0.05, 0) is 37.6 Å². The zero-order chi connectivity index (χ0) is 11.8. The fraction of sp³-hybridized carbons (Fsp3) is 1.00. The first-order valence-electron chi connectivity index (χ1n) is 6.65. The standard InChI is InChI=1S/C14H29N/c1-8-14(7)10(3)12(5)15(9-2)13(6)11(14)4/h10-13H,8-9H2,1-7H3.